The summed E-state index contributed by atoms with van der Waals surface area (Å²) < 4.78 is 6.39. The number of rotatable bonds is 3. The minimum Gasteiger partial charge on any atom is -0.490 e. The fraction of sp³-hybridized carbons (Fsp3) is 0.667. The van der Waals surface area contributed by atoms with Gasteiger partial charge in [0, 0.05) is 5.92 Å². The van der Waals surface area contributed by atoms with Crippen LogP contribution in [0, 0.1) is 12.8 Å². The van der Waals surface area contributed by atoms with Crippen LogP contribution in [-0.2, 0) is 5.41 Å². The normalized spacial score (nSPS) is 23.6. The van der Waals surface area contributed by atoms with Crippen molar-refractivity contribution in [1.82, 2.24) is 0 Å². The minimum absolute atomic E-state index is 0.105. The Kier molecular flexibility index (Phi) is 4.74. The van der Waals surface area contributed by atoms with Crippen molar-refractivity contribution in [3.8, 4) is 5.75 Å². The zero-order chi connectivity index (χ0) is 14.8. The van der Waals surface area contributed by atoms with Crippen LogP contribution < -0.4 is 10.5 Å². The molecule has 1 aromatic rings. The van der Waals surface area contributed by atoms with Crippen molar-refractivity contribution in [3.63, 3.8) is 0 Å². The molecule has 1 aliphatic rings. The van der Waals surface area contributed by atoms with Crippen molar-refractivity contribution in [1.29, 1.82) is 0 Å². The molecule has 2 heteroatoms. The van der Waals surface area contributed by atoms with Crippen LogP contribution in [0.1, 0.15) is 57.6 Å². The van der Waals surface area contributed by atoms with E-state index >= 15 is 0 Å². The van der Waals surface area contributed by atoms with Gasteiger partial charge < -0.3 is 10.5 Å². The van der Waals surface area contributed by atoms with E-state index < -0.39 is 0 Å². The van der Waals surface area contributed by atoms with Crippen molar-refractivity contribution in [2.24, 2.45) is 11.7 Å². The first-order chi connectivity index (χ1) is 9.41. The van der Waals surface area contributed by atoms with E-state index in [1.54, 1.807) is 0 Å². The Morgan fingerprint density at radius 2 is 1.90 bits per heavy atom. The Morgan fingerprint density at radius 1 is 1.20 bits per heavy atom. The molecule has 0 bridgehead atoms. The molecule has 2 nitrogen and oxygen atoms in total. The maximum absolute atomic E-state index is 6.39. The molecule has 2 atom stereocenters. The third kappa shape index (κ3) is 3.54. The molecule has 1 aliphatic carbocycles. The van der Waals surface area contributed by atoms with Gasteiger partial charge in [-0.05, 0) is 49.8 Å². The summed E-state index contributed by atoms with van der Waals surface area (Å²) in [7, 11) is 0. The molecule has 0 radical (unpaired) electrons. The molecule has 2 rings (SSSR count). The first kappa shape index (κ1) is 15.4. The third-order valence-electron chi connectivity index (χ3n) is 4.36. The molecule has 0 heterocycles. The van der Waals surface area contributed by atoms with Crippen LogP contribution in [0.25, 0.3) is 0 Å². The quantitative estimate of drug-likeness (QED) is 0.897. The van der Waals surface area contributed by atoms with E-state index in [1.165, 1.54) is 30.4 Å². The molecule has 0 aromatic heterocycles. The number of benzene rings is 1. The van der Waals surface area contributed by atoms with Crippen LogP contribution in [-0.4, -0.2) is 12.6 Å². The number of hydrogen-bond acceptors (Lipinski definition) is 2. The number of hydrogen-bond donors (Lipinski definition) is 1. The molecule has 0 saturated heterocycles. The molecule has 0 aliphatic heterocycles. The monoisotopic (exact) mass is 275 g/mol. The van der Waals surface area contributed by atoms with Crippen LogP contribution in [0.3, 0.4) is 0 Å². The highest BCUT2D eigenvalue weighted by Crippen LogP contribution is 2.35. The molecule has 0 spiro atoms. The molecule has 2 unspecified atom stereocenters. The van der Waals surface area contributed by atoms with E-state index in [9.17, 15) is 0 Å². The van der Waals surface area contributed by atoms with Crippen LogP contribution in [0.15, 0.2) is 18.2 Å². The van der Waals surface area contributed by atoms with Crippen molar-refractivity contribution in [2.75, 3.05) is 6.54 Å². The van der Waals surface area contributed by atoms with E-state index in [0.717, 1.165) is 18.7 Å². The lowest BCUT2D eigenvalue weighted by Crippen LogP contribution is -2.35. The van der Waals surface area contributed by atoms with Gasteiger partial charge in [-0.15, -0.1) is 0 Å². The van der Waals surface area contributed by atoms with Crippen molar-refractivity contribution in [2.45, 2.75) is 64.9 Å². The lowest BCUT2D eigenvalue weighted by Gasteiger charge is -2.33. The topological polar surface area (TPSA) is 35.2 Å². The Hall–Kier alpha value is -1.02. The van der Waals surface area contributed by atoms with Gasteiger partial charge in [0.2, 0.25) is 0 Å². The van der Waals surface area contributed by atoms with Crippen molar-refractivity contribution < 1.29 is 4.74 Å². The predicted molar refractivity (Wildman–Crippen MR) is 85.3 cm³/mol. The zero-order valence-electron chi connectivity index (χ0n) is 13.4. The standard InChI is InChI=1S/C18H29NO/c1-13-9-10-17(15(11-13)18(2,3)4)20-16-8-6-5-7-14(16)12-19/h9-11,14,16H,5-8,12,19H2,1-4H3. The molecule has 1 saturated carbocycles. The molecule has 0 amide bonds. The van der Waals surface area contributed by atoms with Crippen molar-refractivity contribution in [3.05, 3.63) is 29.3 Å². The van der Waals surface area contributed by atoms with E-state index in [0.29, 0.717) is 5.92 Å². The van der Waals surface area contributed by atoms with Gasteiger partial charge in [0.15, 0.2) is 0 Å². The molecule has 2 N–H and O–H groups in total. The molecule has 1 fully saturated rings. The highest BCUT2D eigenvalue weighted by molar-refractivity contribution is 5.41. The van der Waals surface area contributed by atoms with Crippen LogP contribution in [0.4, 0.5) is 0 Å². The van der Waals surface area contributed by atoms with Gasteiger partial charge >= 0.3 is 0 Å². The van der Waals surface area contributed by atoms with E-state index in [1.807, 2.05) is 0 Å². The fourth-order valence-electron chi connectivity index (χ4n) is 3.09. The van der Waals surface area contributed by atoms with Gasteiger partial charge in [-0.2, -0.15) is 0 Å². The average molecular weight is 275 g/mol. The third-order valence-corrected chi connectivity index (χ3v) is 4.36. The number of nitrogens with two attached hydrogens (primary N) is 1. The molecular formula is C18H29NO. The summed E-state index contributed by atoms with van der Waals surface area (Å²) in [5.74, 6) is 1.56. The Balaban J connectivity index is 2.24. The predicted octanol–water partition coefficient (Wildman–Crippen LogP) is 4.19. The fourth-order valence-corrected chi connectivity index (χ4v) is 3.09. The van der Waals surface area contributed by atoms with Gasteiger partial charge in [-0.25, -0.2) is 0 Å². The Bertz CT molecular complexity index is 447. The van der Waals surface area contributed by atoms with Crippen molar-refractivity contribution >= 4 is 0 Å². The average Bonchev–Trinajstić information content (AvgIpc) is 2.40. The lowest BCUT2D eigenvalue weighted by atomic mass is 9.84. The number of aryl methyl sites for hydroxylation is 1. The SMILES string of the molecule is Cc1ccc(OC2CCCCC2CN)c(C(C)(C)C)c1. The van der Waals surface area contributed by atoms with Gasteiger partial charge in [0.25, 0.3) is 0 Å². The summed E-state index contributed by atoms with van der Waals surface area (Å²) in [5, 5.41) is 0. The summed E-state index contributed by atoms with van der Waals surface area (Å²) >= 11 is 0. The smallest absolute Gasteiger partial charge is 0.123 e. The maximum atomic E-state index is 6.39. The first-order valence-corrected chi connectivity index (χ1v) is 7.89. The number of ether oxygens (including phenoxy) is 1. The summed E-state index contributed by atoms with van der Waals surface area (Å²) in [6.07, 6.45) is 5.19. The van der Waals surface area contributed by atoms with E-state index in [-0.39, 0.29) is 11.5 Å². The summed E-state index contributed by atoms with van der Waals surface area (Å²) in [6.45, 7) is 9.62. The van der Waals surface area contributed by atoms with Gasteiger partial charge in [0.05, 0.1) is 0 Å². The largest absolute Gasteiger partial charge is 0.490 e. The molecule has 1 aromatic carbocycles. The molecular weight excluding hydrogens is 246 g/mol. The highest BCUT2D eigenvalue weighted by atomic mass is 16.5. The second-order valence-electron chi connectivity index (χ2n) is 7.19. The van der Waals surface area contributed by atoms with E-state index in [4.69, 9.17) is 10.5 Å². The Morgan fingerprint density at radius 3 is 2.55 bits per heavy atom. The van der Waals surface area contributed by atoms with Gasteiger partial charge in [-0.3, -0.25) is 0 Å². The second kappa shape index (κ2) is 6.17. The first-order valence-electron chi connectivity index (χ1n) is 7.89. The summed E-state index contributed by atoms with van der Waals surface area (Å²) in [6, 6.07) is 6.54. The van der Waals surface area contributed by atoms with Crippen LogP contribution in [0.5, 0.6) is 5.75 Å². The lowest BCUT2D eigenvalue weighted by molar-refractivity contribution is 0.0949. The van der Waals surface area contributed by atoms with Crippen LogP contribution >= 0.6 is 0 Å². The van der Waals surface area contributed by atoms with Gasteiger partial charge in [0.1, 0.15) is 11.9 Å². The Labute approximate surface area is 123 Å². The summed E-state index contributed by atoms with van der Waals surface area (Å²) in [5.41, 5.74) is 8.62. The van der Waals surface area contributed by atoms with Crippen LogP contribution in [0.2, 0.25) is 0 Å². The minimum atomic E-state index is 0.105. The molecule has 112 valence electrons. The molecule has 20 heavy (non-hydrogen) atoms. The maximum Gasteiger partial charge on any atom is 0.123 e. The van der Waals surface area contributed by atoms with Gasteiger partial charge in [-0.1, -0.05) is 44.9 Å². The highest BCUT2D eigenvalue weighted by Gasteiger charge is 2.27. The second-order valence-corrected chi connectivity index (χ2v) is 7.19. The van der Waals surface area contributed by atoms with E-state index in [2.05, 4.69) is 45.9 Å². The summed E-state index contributed by atoms with van der Waals surface area (Å²) in [4.78, 5) is 0. The zero-order valence-corrected chi connectivity index (χ0v) is 13.4.